The van der Waals surface area contributed by atoms with E-state index in [0.29, 0.717) is 0 Å². The number of hydrogen-bond acceptors (Lipinski definition) is 1. The van der Waals surface area contributed by atoms with Gasteiger partial charge >= 0.3 is 0 Å². The minimum Gasteiger partial charge on any atom is -0.858 e. The third-order valence-corrected chi connectivity index (χ3v) is 5.42. The number of rotatable bonds is 0. The molecule has 0 saturated heterocycles. The van der Waals surface area contributed by atoms with E-state index in [-0.39, 0.29) is 5.04 Å². The maximum Gasteiger partial charge on any atom is -0.0471 e. The van der Waals surface area contributed by atoms with Gasteiger partial charge in [0.25, 0.3) is 0 Å². The van der Waals surface area contributed by atoms with Gasteiger partial charge in [0.15, 0.2) is 0 Å². The Morgan fingerprint density at radius 1 is 1.12 bits per heavy atom. The summed E-state index contributed by atoms with van der Waals surface area (Å²) < 4.78 is 0. The first-order valence-corrected chi connectivity index (χ1v) is 5.86. The lowest BCUT2D eigenvalue weighted by Gasteiger charge is -2.43. The monoisotopic (exact) mass is 131 g/mol. The van der Waals surface area contributed by atoms with Crippen molar-refractivity contribution in [1.29, 1.82) is 0 Å². The molecule has 0 aliphatic heterocycles. The van der Waals surface area contributed by atoms with Crippen LogP contribution in [0.5, 0.6) is 0 Å². The molecule has 0 N–H and O–H groups in total. The minimum atomic E-state index is -2.11. The molecule has 0 saturated carbocycles. The molecule has 0 rings (SSSR count). The molecule has 0 aliphatic carbocycles. The zero-order valence-electron chi connectivity index (χ0n) is 6.41. The molecule has 0 aromatic heterocycles. The quantitative estimate of drug-likeness (QED) is 0.455. The van der Waals surface area contributed by atoms with Crippen molar-refractivity contribution in [3.63, 3.8) is 0 Å². The molecule has 1 nitrogen and oxygen atoms in total. The van der Waals surface area contributed by atoms with E-state index >= 15 is 0 Å². The summed E-state index contributed by atoms with van der Waals surface area (Å²) in [7, 11) is -2.11. The highest BCUT2D eigenvalue weighted by Gasteiger charge is 2.21. The fraction of sp³-hybridized carbons (Fsp3) is 1.00. The smallest absolute Gasteiger partial charge is 0.0471 e. The van der Waals surface area contributed by atoms with Crippen LogP contribution in [0.15, 0.2) is 0 Å². The van der Waals surface area contributed by atoms with Crippen LogP contribution >= 0.6 is 0 Å². The van der Waals surface area contributed by atoms with E-state index in [4.69, 9.17) is 0 Å². The average molecular weight is 131 g/mol. The maximum atomic E-state index is 11.3. The molecule has 0 spiro atoms. The van der Waals surface area contributed by atoms with E-state index in [1.54, 1.807) is 0 Å². The van der Waals surface area contributed by atoms with Crippen LogP contribution in [0, 0.1) is 0 Å². The summed E-state index contributed by atoms with van der Waals surface area (Å²) in [5, 5.41) is 0.0208. The Hall–Kier alpha value is 0.177. The topological polar surface area (TPSA) is 23.1 Å². The molecule has 0 fully saturated rings. The van der Waals surface area contributed by atoms with Gasteiger partial charge in [-0.15, -0.1) is 0 Å². The van der Waals surface area contributed by atoms with Crippen LogP contribution in [0.25, 0.3) is 0 Å². The molecule has 0 aliphatic rings. The molecule has 0 bridgehead atoms. The summed E-state index contributed by atoms with van der Waals surface area (Å²) in [5.74, 6) is 0. The highest BCUT2D eigenvalue weighted by molar-refractivity contribution is 6.71. The van der Waals surface area contributed by atoms with Crippen molar-refractivity contribution < 1.29 is 4.80 Å². The summed E-state index contributed by atoms with van der Waals surface area (Å²) in [4.78, 5) is 11.3. The molecule has 0 atom stereocenters. The molecule has 0 amide bonds. The van der Waals surface area contributed by atoms with Gasteiger partial charge in [0.05, 0.1) is 0 Å². The summed E-state index contributed by atoms with van der Waals surface area (Å²) >= 11 is 0. The predicted molar refractivity (Wildman–Crippen MR) is 37.2 cm³/mol. The van der Waals surface area contributed by atoms with Gasteiger partial charge in [0.1, 0.15) is 0 Å². The minimum absolute atomic E-state index is 0.0208. The van der Waals surface area contributed by atoms with Crippen LogP contribution < -0.4 is 4.80 Å². The average Bonchev–Trinajstić information content (AvgIpc) is 1.25. The van der Waals surface area contributed by atoms with Crippen molar-refractivity contribution in [1.82, 2.24) is 0 Å². The Labute approximate surface area is 52.9 Å². The normalized spacial score (nSPS) is 14.2. The van der Waals surface area contributed by atoms with Gasteiger partial charge in [0.2, 0.25) is 0 Å². The van der Waals surface area contributed by atoms with Gasteiger partial charge in [-0.05, 0) is 8.32 Å². The van der Waals surface area contributed by atoms with Gasteiger partial charge in [0, 0.05) is 0 Å². The third-order valence-electron chi connectivity index (χ3n) is 1.81. The van der Waals surface area contributed by atoms with Crippen LogP contribution in [0.1, 0.15) is 20.8 Å². The maximum absolute atomic E-state index is 11.3. The molecule has 0 aromatic carbocycles. The summed E-state index contributed by atoms with van der Waals surface area (Å²) in [6.45, 7) is 9.77. The SMILES string of the molecule is CC(C)(C)[Si](C)(C)[O-]. The summed E-state index contributed by atoms with van der Waals surface area (Å²) in [6.07, 6.45) is 0. The zero-order valence-corrected chi connectivity index (χ0v) is 7.41. The van der Waals surface area contributed by atoms with Crippen LogP contribution in [-0.2, 0) is 0 Å². The van der Waals surface area contributed by atoms with Crippen molar-refractivity contribution in [2.75, 3.05) is 0 Å². The molecule has 8 heavy (non-hydrogen) atoms. The highest BCUT2D eigenvalue weighted by atomic mass is 28.4. The van der Waals surface area contributed by atoms with E-state index in [9.17, 15) is 4.80 Å². The second kappa shape index (κ2) is 1.85. The Morgan fingerprint density at radius 3 is 1.25 bits per heavy atom. The second-order valence-corrected chi connectivity index (χ2v) is 8.28. The van der Waals surface area contributed by atoms with E-state index in [1.165, 1.54) is 0 Å². The second-order valence-electron chi connectivity index (χ2n) is 3.76. The third kappa shape index (κ3) is 1.97. The van der Waals surface area contributed by atoms with Crippen LogP contribution in [-0.4, -0.2) is 8.32 Å². The van der Waals surface area contributed by atoms with Crippen LogP contribution in [0.4, 0.5) is 0 Å². The Morgan fingerprint density at radius 2 is 1.25 bits per heavy atom. The van der Waals surface area contributed by atoms with Gasteiger partial charge in [-0.3, -0.25) is 0 Å². The summed E-state index contributed by atoms with van der Waals surface area (Å²) in [6, 6.07) is 0. The van der Waals surface area contributed by atoms with Crippen molar-refractivity contribution >= 4 is 8.32 Å². The lowest BCUT2D eigenvalue weighted by Crippen LogP contribution is -2.50. The molecule has 0 radical (unpaired) electrons. The predicted octanol–water partition coefficient (Wildman–Crippen LogP) is 1.35. The largest absolute Gasteiger partial charge is 0.858 e. The zero-order chi connectivity index (χ0) is 7.00. The van der Waals surface area contributed by atoms with E-state index < -0.39 is 8.32 Å². The van der Waals surface area contributed by atoms with Crippen molar-refractivity contribution in [2.45, 2.75) is 38.9 Å². The number of hydrogen-bond donors (Lipinski definition) is 0. The summed E-state index contributed by atoms with van der Waals surface area (Å²) in [5.41, 5.74) is 0. The fourth-order valence-electron chi connectivity index (χ4n) is 0. The van der Waals surface area contributed by atoms with Gasteiger partial charge in [-0.1, -0.05) is 38.9 Å². The van der Waals surface area contributed by atoms with E-state index in [1.807, 2.05) is 33.9 Å². The van der Waals surface area contributed by atoms with Gasteiger partial charge < -0.3 is 4.80 Å². The molecule has 0 heterocycles. The standard InChI is InChI=1S/C6H15OSi/c1-6(2,3)8(4,5)7/h1-5H3/q-1. The van der Waals surface area contributed by atoms with Gasteiger partial charge in [-0.2, -0.15) is 0 Å². The van der Waals surface area contributed by atoms with Crippen molar-refractivity contribution in [3.05, 3.63) is 0 Å². The van der Waals surface area contributed by atoms with E-state index in [0.717, 1.165) is 0 Å². The fourth-order valence-corrected chi connectivity index (χ4v) is 0. The molecular formula is C6H15OSi-. The lowest BCUT2D eigenvalue weighted by molar-refractivity contribution is -0.211. The molecule has 2 heteroatoms. The Bertz CT molecular complexity index is 63.5. The van der Waals surface area contributed by atoms with E-state index in [2.05, 4.69) is 0 Å². The molecular weight excluding hydrogens is 116 g/mol. The molecule has 50 valence electrons. The van der Waals surface area contributed by atoms with Gasteiger partial charge in [-0.25, -0.2) is 0 Å². The first-order chi connectivity index (χ1) is 3.25. The lowest BCUT2D eigenvalue weighted by atomic mass is 10.2. The first kappa shape index (κ1) is 8.18. The Kier molecular flexibility index (Phi) is 1.89. The first-order valence-electron chi connectivity index (χ1n) is 2.95. The van der Waals surface area contributed by atoms with Crippen LogP contribution in [0.3, 0.4) is 0 Å². The Balaban J connectivity index is 4.02. The van der Waals surface area contributed by atoms with Crippen molar-refractivity contribution in [3.8, 4) is 0 Å². The van der Waals surface area contributed by atoms with Crippen molar-refractivity contribution in [2.24, 2.45) is 0 Å². The van der Waals surface area contributed by atoms with Crippen LogP contribution in [0.2, 0.25) is 18.1 Å². The molecule has 0 unspecified atom stereocenters. The molecule has 0 aromatic rings. The highest BCUT2D eigenvalue weighted by Crippen LogP contribution is 2.30.